The number of rotatable bonds is 7. The second-order valence-corrected chi connectivity index (χ2v) is 9.28. The predicted molar refractivity (Wildman–Crippen MR) is 130 cm³/mol. The molecule has 4 rings (SSSR count). The Morgan fingerprint density at radius 2 is 1.48 bits per heavy atom. The molecule has 1 heterocycles. The molecule has 1 aromatic heterocycles. The number of fused-ring (bicyclic) bond motifs is 1. The smallest absolute Gasteiger partial charge is 0.264 e. The maximum Gasteiger partial charge on any atom is 0.264 e. The van der Waals surface area contributed by atoms with Crippen LogP contribution in [0.2, 0.25) is 10.0 Å². The Morgan fingerprint density at radius 3 is 2.15 bits per heavy atom. The fourth-order valence-corrected chi connectivity index (χ4v) is 4.85. The Balaban J connectivity index is 1.79. The summed E-state index contributed by atoms with van der Waals surface area (Å²) in [6, 6.07) is 16.4. The van der Waals surface area contributed by atoms with Gasteiger partial charge in [0.05, 0.1) is 30.3 Å². The molecule has 170 valence electrons. The number of halogens is 2. The summed E-state index contributed by atoms with van der Waals surface area (Å²) >= 11 is 12.1. The number of para-hydroxylation sites is 2. The third-order valence-corrected chi connectivity index (χ3v) is 6.69. The third-order valence-electron chi connectivity index (χ3n) is 4.63. The summed E-state index contributed by atoms with van der Waals surface area (Å²) in [6.07, 6.45) is 0. The average Bonchev–Trinajstić information content (AvgIpc) is 2.80. The number of anilines is 3. The molecule has 0 fully saturated rings. The van der Waals surface area contributed by atoms with E-state index in [9.17, 15) is 8.42 Å². The summed E-state index contributed by atoms with van der Waals surface area (Å²) in [5.41, 5.74) is 1.66. The van der Waals surface area contributed by atoms with Crippen LogP contribution in [0.25, 0.3) is 11.0 Å². The van der Waals surface area contributed by atoms with Crippen molar-refractivity contribution in [1.29, 1.82) is 0 Å². The van der Waals surface area contributed by atoms with Gasteiger partial charge in [-0.1, -0.05) is 35.3 Å². The molecule has 33 heavy (non-hydrogen) atoms. The number of hydrogen-bond donors (Lipinski definition) is 2. The normalized spacial score (nSPS) is 11.3. The molecule has 0 aliphatic carbocycles. The first-order chi connectivity index (χ1) is 15.8. The molecule has 0 spiro atoms. The number of aromatic nitrogens is 2. The summed E-state index contributed by atoms with van der Waals surface area (Å²) in [5, 5.41) is 3.35. The first kappa shape index (κ1) is 22.9. The Labute approximate surface area is 200 Å². The van der Waals surface area contributed by atoms with E-state index in [1.165, 1.54) is 32.4 Å². The summed E-state index contributed by atoms with van der Waals surface area (Å²) in [6.45, 7) is 0. The van der Waals surface area contributed by atoms with Crippen LogP contribution in [0.1, 0.15) is 0 Å². The number of nitrogens with zero attached hydrogens (tertiary/aromatic N) is 2. The van der Waals surface area contributed by atoms with Gasteiger partial charge >= 0.3 is 0 Å². The van der Waals surface area contributed by atoms with Crippen molar-refractivity contribution in [3.8, 4) is 11.5 Å². The lowest BCUT2D eigenvalue weighted by atomic mass is 10.2. The summed E-state index contributed by atoms with van der Waals surface area (Å²) in [7, 11) is -1.07. The molecule has 8 nitrogen and oxygen atoms in total. The van der Waals surface area contributed by atoms with Crippen LogP contribution in [0.5, 0.6) is 11.5 Å². The van der Waals surface area contributed by atoms with E-state index >= 15 is 0 Å². The van der Waals surface area contributed by atoms with Crippen molar-refractivity contribution in [3.05, 3.63) is 70.7 Å². The average molecular weight is 505 g/mol. The lowest BCUT2D eigenvalue weighted by molar-refractivity contribution is 0.355. The molecule has 0 amide bonds. The van der Waals surface area contributed by atoms with Crippen molar-refractivity contribution in [2.75, 3.05) is 24.3 Å². The highest BCUT2D eigenvalue weighted by Crippen LogP contribution is 2.34. The van der Waals surface area contributed by atoms with E-state index in [4.69, 9.17) is 32.7 Å². The molecule has 0 radical (unpaired) electrons. The highest BCUT2D eigenvalue weighted by molar-refractivity contribution is 7.92. The second-order valence-electron chi connectivity index (χ2n) is 6.78. The SMILES string of the molecule is COc1ccc(Nc2nc3ccccc3nc2NS(=O)(=O)c2cc(Cl)ccc2Cl)cc1OC. The summed E-state index contributed by atoms with van der Waals surface area (Å²) in [4.78, 5) is 8.84. The molecular weight excluding hydrogens is 487 g/mol. The van der Waals surface area contributed by atoms with Gasteiger partial charge in [-0.15, -0.1) is 0 Å². The molecule has 0 aliphatic rings. The zero-order valence-electron chi connectivity index (χ0n) is 17.5. The number of methoxy groups -OCH3 is 2. The number of hydrogen-bond acceptors (Lipinski definition) is 7. The minimum absolute atomic E-state index is 0.0143. The van der Waals surface area contributed by atoms with Crippen molar-refractivity contribution in [1.82, 2.24) is 9.97 Å². The van der Waals surface area contributed by atoms with Crippen molar-refractivity contribution in [2.45, 2.75) is 4.90 Å². The zero-order chi connectivity index (χ0) is 23.6. The lowest BCUT2D eigenvalue weighted by Crippen LogP contribution is -2.16. The molecular formula is C22H18Cl2N4O4S. The Kier molecular flexibility index (Phi) is 6.46. The monoisotopic (exact) mass is 504 g/mol. The van der Waals surface area contributed by atoms with Crippen LogP contribution in [0.4, 0.5) is 17.3 Å². The van der Waals surface area contributed by atoms with Crippen molar-refractivity contribution >= 4 is 61.6 Å². The Bertz CT molecular complexity index is 1450. The van der Waals surface area contributed by atoms with Gasteiger partial charge in [-0.3, -0.25) is 4.72 Å². The first-order valence-electron chi connectivity index (χ1n) is 9.54. The standard InChI is InChI=1S/C22H18Cl2N4O4S/c1-31-18-10-8-14(12-19(18)32-2)25-21-22(27-17-6-4-3-5-16(17)26-21)28-33(29,30)20-11-13(23)7-9-15(20)24/h3-12H,1-2H3,(H,25,26)(H,27,28). The highest BCUT2D eigenvalue weighted by Gasteiger charge is 2.22. The van der Waals surface area contributed by atoms with E-state index < -0.39 is 10.0 Å². The molecule has 3 aromatic carbocycles. The molecule has 4 aromatic rings. The number of sulfonamides is 1. The van der Waals surface area contributed by atoms with Crippen molar-refractivity contribution in [2.24, 2.45) is 0 Å². The van der Waals surface area contributed by atoms with Gasteiger partial charge < -0.3 is 14.8 Å². The van der Waals surface area contributed by atoms with Crippen LogP contribution in [0.15, 0.2) is 65.6 Å². The van der Waals surface area contributed by atoms with Crippen molar-refractivity contribution in [3.63, 3.8) is 0 Å². The van der Waals surface area contributed by atoms with Gasteiger partial charge in [0.25, 0.3) is 10.0 Å². The Hall–Kier alpha value is -3.27. The number of nitrogens with one attached hydrogen (secondary N) is 2. The lowest BCUT2D eigenvalue weighted by Gasteiger charge is -2.15. The first-order valence-corrected chi connectivity index (χ1v) is 11.8. The maximum absolute atomic E-state index is 13.1. The quantitative estimate of drug-likeness (QED) is 0.342. The van der Waals surface area contributed by atoms with E-state index in [-0.39, 0.29) is 26.6 Å². The van der Waals surface area contributed by atoms with Gasteiger partial charge in [-0.25, -0.2) is 18.4 Å². The van der Waals surface area contributed by atoms with Crippen LogP contribution in [0, 0.1) is 0 Å². The van der Waals surface area contributed by atoms with Crippen LogP contribution in [-0.4, -0.2) is 32.6 Å². The van der Waals surface area contributed by atoms with E-state index in [2.05, 4.69) is 20.0 Å². The minimum atomic E-state index is -4.13. The van der Waals surface area contributed by atoms with Crippen molar-refractivity contribution < 1.29 is 17.9 Å². The molecule has 0 bridgehead atoms. The largest absolute Gasteiger partial charge is 0.493 e. The van der Waals surface area contributed by atoms with E-state index in [0.29, 0.717) is 28.2 Å². The molecule has 0 atom stereocenters. The fourth-order valence-electron chi connectivity index (χ4n) is 3.07. The van der Waals surface area contributed by atoms with Gasteiger partial charge in [-0.2, -0.15) is 0 Å². The van der Waals surface area contributed by atoms with Gasteiger partial charge in [0.2, 0.25) is 0 Å². The van der Waals surface area contributed by atoms with Crippen LogP contribution in [0.3, 0.4) is 0 Å². The van der Waals surface area contributed by atoms with E-state index in [0.717, 1.165) is 0 Å². The summed E-state index contributed by atoms with van der Waals surface area (Å²) in [5.74, 6) is 1.20. The molecule has 2 N–H and O–H groups in total. The van der Waals surface area contributed by atoms with Crippen LogP contribution in [-0.2, 0) is 10.0 Å². The third kappa shape index (κ3) is 4.90. The maximum atomic E-state index is 13.1. The van der Waals surface area contributed by atoms with E-state index in [1.54, 1.807) is 36.4 Å². The highest BCUT2D eigenvalue weighted by atomic mass is 35.5. The van der Waals surface area contributed by atoms with E-state index in [1.807, 2.05) is 6.07 Å². The topological polar surface area (TPSA) is 102 Å². The van der Waals surface area contributed by atoms with Gasteiger partial charge in [0.15, 0.2) is 23.1 Å². The number of ether oxygens (including phenoxy) is 2. The molecule has 0 saturated carbocycles. The molecule has 0 unspecified atom stereocenters. The molecule has 0 saturated heterocycles. The van der Waals surface area contributed by atoms with Crippen LogP contribution < -0.4 is 19.5 Å². The minimum Gasteiger partial charge on any atom is -0.493 e. The predicted octanol–water partition coefficient (Wildman–Crippen LogP) is 5.50. The van der Waals surface area contributed by atoms with Crippen LogP contribution >= 0.6 is 23.2 Å². The number of benzene rings is 3. The molecule has 11 heteroatoms. The van der Waals surface area contributed by atoms with Gasteiger partial charge in [0, 0.05) is 16.8 Å². The zero-order valence-corrected chi connectivity index (χ0v) is 19.8. The molecule has 0 aliphatic heterocycles. The van der Waals surface area contributed by atoms with Gasteiger partial charge in [-0.05, 0) is 42.5 Å². The second kappa shape index (κ2) is 9.30. The fraction of sp³-hybridized carbons (Fsp3) is 0.0909. The summed E-state index contributed by atoms with van der Waals surface area (Å²) < 4.78 is 39.3. The Morgan fingerprint density at radius 1 is 0.818 bits per heavy atom. The van der Waals surface area contributed by atoms with Gasteiger partial charge in [0.1, 0.15) is 4.90 Å².